The van der Waals surface area contributed by atoms with Crippen molar-refractivity contribution in [1.29, 1.82) is 0 Å². The molecule has 20 heavy (non-hydrogen) atoms. The van der Waals surface area contributed by atoms with Crippen molar-refractivity contribution in [1.82, 2.24) is 10.2 Å². The maximum absolute atomic E-state index is 12.1. The third-order valence-corrected chi connectivity index (χ3v) is 6.94. The lowest BCUT2D eigenvalue weighted by Crippen LogP contribution is -2.48. The van der Waals surface area contributed by atoms with Crippen LogP contribution in [0.5, 0.6) is 0 Å². The topological polar surface area (TPSA) is 49.4 Å². The van der Waals surface area contributed by atoms with E-state index in [0.29, 0.717) is 5.92 Å². The highest BCUT2D eigenvalue weighted by atomic mass is 32.2. The van der Waals surface area contributed by atoms with Crippen molar-refractivity contribution in [2.45, 2.75) is 39.0 Å². The number of rotatable bonds is 9. The normalized spacial score (nSPS) is 21.5. The van der Waals surface area contributed by atoms with Crippen LogP contribution in [0.15, 0.2) is 0 Å². The Balaban J connectivity index is 2.29. The van der Waals surface area contributed by atoms with Gasteiger partial charge in [-0.25, -0.2) is 8.42 Å². The summed E-state index contributed by atoms with van der Waals surface area (Å²) in [6, 6.07) is 0. The number of hydrogen-bond donors (Lipinski definition) is 1. The van der Waals surface area contributed by atoms with Crippen LogP contribution in [0.4, 0.5) is 0 Å². The van der Waals surface area contributed by atoms with Crippen LogP contribution in [0.3, 0.4) is 0 Å². The molecule has 1 aliphatic rings. The highest BCUT2D eigenvalue weighted by molar-refractivity contribution is 8.01. The fourth-order valence-corrected chi connectivity index (χ4v) is 5.46. The van der Waals surface area contributed by atoms with Gasteiger partial charge in [-0.1, -0.05) is 20.8 Å². The molecule has 4 nitrogen and oxygen atoms in total. The molecule has 0 radical (unpaired) electrons. The van der Waals surface area contributed by atoms with Gasteiger partial charge in [0.05, 0.1) is 0 Å². The van der Waals surface area contributed by atoms with E-state index in [9.17, 15) is 8.42 Å². The molecule has 0 aliphatic carbocycles. The van der Waals surface area contributed by atoms with Gasteiger partial charge in [0.2, 0.25) is 0 Å². The standard InChI is InChI=1S/C14H30N2O2S2/c1-4-20(17,18)14-12-19-10-9-16(14)8-6-5-7-15-11-13(2)3/h13-15H,4-12H2,1-3H3. The largest absolute Gasteiger partial charge is 0.316 e. The summed E-state index contributed by atoms with van der Waals surface area (Å²) in [6.45, 7) is 10.1. The Morgan fingerprint density at radius 3 is 2.75 bits per heavy atom. The van der Waals surface area contributed by atoms with Crippen LogP contribution in [0.25, 0.3) is 0 Å². The maximum atomic E-state index is 12.1. The van der Waals surface area contributed by atoms with E-state index in [4.69, 9.17) is 0 Å². The van der Waals surface area contributed by atoms with E-state index in [-0.39, 0.29) is 11.1 Å². The number of nitrogens with zero attached hydrogens (tertiary/aromatic N) is 1. The average Bonchev–Trinajstić information content (AvgIpc) is 2.42. The Morgan fingerprint density at radius 2 is 2.10 bits per heavy atom. The third-order valence-electron chi connectivity index (χ3n) is 3.61. The quantitative estimate of drug-likeness (QED) is 0.656. The number of unbranched alkanes of at least 4 members (excludes halogenated alkanes) is 1. The predicted octanol–water partition coefficient (Wildman–Crippen LogP) is 1.82. The van der Waals surface area contributed by atoms with Crippen molar-refractivity contribution in [2.24, 2.45) is 5.92 Å². The number of hydrogen-bond acceptors (Lipinski definition) is 5. The molecule has 1 N–H and O–H groups in total. The molecule has 1 fully saturated rings. The van der Waals surface area contributed by atoms with Crippen molar-refractivity contribution in [3.63, 3.8) is 0 Å². The second-order valence-corrected chi connectivity index (χ2v) is 9.42. The van der Waals surface area contributed by atoms with Gasteiger partial charge in [0, 0.05) is 23.8 Å². The molecule has 1 unspecified atom stereocenters. The minimum absolute atomic E-state index is 0.255. The SMILES string of the molecule is CCS(=O)(=O)C1CSCCN1CCCCNCC(C)C. The average molecular weight is 323 g/mol. The number of thioether (sulfide) groups is 1. The molecule has 0 saturated carbocycles. The van der Waals surface area contributed by atoms with Crippen LogP contribution in [-0.2, 0) is 9.84 Å². The number of sulfone groups is 1. The Kier molecular flexibility index (Phi) is 8.48. The maximum Gasteiger partial charge on any atom is 0.166 e. The first-order valence-corrected chi connectivity index (χ1v) is 10.6. The summed E-state index contributed by atoms with van der Waals surface area (Å²) in [6.07, 6.45) is 2.20. The van der Waals surface area contributed by atoms with Gasteiger partial charge in [0.15, 0.2) is 9.84 Å². The molecular formula is C14H30N2O2S2. The zero-order chi connectivity index (χ0) is 15.0. The molecule has 1 heterocycles. The van der Waals surface area contributed by atoms with Gasteiger partial charge in [-0.15, -0.1) is 0 Å². The lowest BCUT2D eigenvalue weighted by atomic mass is 10.2. The van der Waals surface area contributed by atoms with Gasteiger partial charge in [0.25, 0.3) is 0 Å². The summed E-state index contributed by atoms with van der Waals surface area (Å²) in [5, 5.41) is 3.18. The van der Waals surface area contributed by atoms with E-state index in [1.807, 2.05) is 0 Å². The highest BCUT2D eigenvalue weighted by Crippen LogP contribution is 2.21. The van der Waals surface area contributed by atoms with Crippen LogP contribution in [-0.4, -0.2) is 62.1 Å². The molecule has 1 rings (SSSR count). The Morgan fingerprint density at radius 1 is 1.35 bits per heavy atom. The summed E-state index contributed by atoms with van der Waals surface area (Å²) in [5.41, 5.74) is 0. The van der Waals surface area contributed by atoms with Crippen LogP contribution < -0.4 is 5.32 Å². The minimum atomic E-state index is -2.94. The van der Waals surface area contributed by atoms with Crippen molar-refractivity contribution in [3.05, 3.63) is 0 Å². The molecule has 6 heteroatoms. The van der Waals surface area contributed by atoms with Crippen LogP contribution in [0, 0.1) is 5.92 Å². The molecule has 0 amide bonds. The van der Waals surface area contributed by atoms with Crippen molar-refractivity contribution in [2.75, 3.05) is 43.4 Å². The fourth-order valence-electron chi connectivity index (χ4n) is 2.35. The van der Waals surface area contributed by atoms with E-state index in [2.05, 4.69) is 24.1 Å². The molecule has 120 valence electrons. The van der Waals surface area contributed by atoms with Crippen molar-refractivity contribution >= 4 is 21.6 Å². The van der Waals surface area contributed by atoms with Crippen molar-refractivity contribution in [3.8, 4) is 0 Å². The summed E-state index contributed by atoms with van der Waals surface area (Å²) in [7, 11) is -2.94. The van der Waals surface area contributed by atoms with Crippen LogP contribution in [0.1, 0.15) is 33.6 Å². The van der Waals surface area contributed by atoms with E-state index < -0.39 is 9.84 Å². The van der Waals surface area contributed by atoms with Gasteiger partial charge < -0.3 is 5.32 Å². The van der Waals surface area contributed by atoms with E-state index >= 15 is 0 Å². The van der Waals surface area contributed by atoms with Gasteiger partial charge >= 0.3 is 0 Å². The zero-order valence-electron chi connectivity index (χ0n) is 13.1. The summed E-state index contributed by atoms with van der Waals surface area (Å²) in [4.78, 5) is 2.18. The molecule has 1 atom stereocenters. The predicted molar refractivity (Wildman–Crippen MR) is 89.1 cm³/mol. The van der Waals surface area contributed by atoms with E-state index in [1.54, 1.807) is 18.7 Å². The lowest BCUT2D eigenvalue weighted by Gasteiger charge is -2.34. The molecule has 0 bridgehead atoms. The highest BCUT2D eigenvalue weighted by Gasteiger charge is 2.32. The Hall–Kier alpha value is 0.220. The number of nitrogens with one attached hydrogen (secondary N) is 1. The van der Waals surface area contributed by atoms with Crippen molar-refractivity contribution < 1.29 is 8.42 Å². The first-order chi connectivity index (χ1) is 9.47. The molecule has 0 aromatic carbocycles. The molecule has 0 aromatic rings. The minimum Gasteiger partial charge on any atom is -0.316 e. The lowest BCUT2D eigenvalue weighted by molar-refractivity contribution is 0.264. The van der Waals surface area contributed by atoms with Crippen LogP contribution >= 0.6 is 11.8 Å². The first-order valence-electron chi connectivity index (χ1n) is 7.71. The third kappa shape index (κ3) is 6.33. The Bertz CT molecular complexity index is 358. The summed E-state index contributed by atoms with van der Waals surface area (Å²) >= 11 is 1.77. The second-order valence-electron chi connectivity index (χ2n) is 5.82. The van der Waals surface area contributed by atoms with Crippen LogP contribution in [0.2, 0.25) is 0 Å². The zero-order valence-corrected chi connectivity index (χ0v) is 14.7. The summed E-state index contributed by atoms with van der Waals surface area (Å²) < 4.78 is 24.2. The van der Waals surface area contributed by atoms with Gasteiger partial charge in [-0.2, -0.15) is 11.8 Å². The molecular weight excluding hydrogens is 292 g/mol. The first kappa shape index (κ1) is 18.3. The van der Waals surface area contributed by atoms with Gasteiger partial charge in [0.1, 0.15) is 5.37 Å². The fraction of sp³-hybridized carbons (Fsp3) is 1.00. The molecule has 1 saturated heterocycles. The molecule has 0 aromatic heterocycles. The smallest absolute Gasteiger partial charge is 0.166 e. The Labute approximate surface area is 129 Å². The summed E-state index contributed by atoms with van der Waals surface area (Å²) in [5.74, 6) is 2.74. The second kappa shape index (κ2) is 9.28. The van der Waals surface area contributed by atoms with E-state index in [1.165, 1.54) is 0 Å². The monoisotopic (exact) mass is 322 g/mol. The van der Waals surface area contributed by atoms with Gasteiger partial charge in [-0.05, 0) is 38.4 Å². The molecule has 0 spiro atoms. The van der Waals surface area contributed by atoms with Gasteiger partial charge in [-0.3, -0.25) is 4.90 Å². The molecule has 1 aliphatic heterocycles. The van der Waals surface area contributed by atoms with E-state index in [0.717, 1.165) is 50.5 Å².